The first-order chi connectivity index (χ1) is 11.1. The summed E-state index contributed by atoms with van der Waals surface area (Å²) in [6.45, 7) is 5.84. The highest BCUT2D eigenvalue weighted by Gasteiger charge is 2.16. The molecule has 0 aliphatic heterocycles. The van der Waals surface area contributed by atoms with E-state index in [2.05, 4.69) is 13.8 Å². The first-order valence-electron chi connectivity index (χ1n) is 9.79. The zero-order valence-corrected chi connectivity index (χ0v) is 15.7. The number of hydrogen-bond donors (Lipinski definition) is 0. The molecule has 0 heterocycles. The van der Waals surface area contributed by atoms with Crippen molar-refractivity contribution in [3.63, 3.8) is 0 Å². The van der Waals surface area contributed by atoms with Gasteiger partial charge in [0.25, 0.3) is 0 Å². The van der Waals surface area contributed by atoms with Crippen LogP contribution in [0.2, 0.25) is 0 Å². The lowest BCUT2D eigenvalue weighted by atomic mass is 10.0. The van der Waals surface area contributed by atoms with Crippen LogP contribution >= 0.6 is 0 Å². The van der Waals surface area contributed by atoms with Crippen molar-refractivity contribution in [3.05, 3.63) is 0 Å². The van der Waals surface area contributed by atoms with Crippen LogP contribution in [0.5, 0.6) is 0 Å². The molecule has 0 radical (unpaired) electrons. The smallest absolute Gasteiger partial charge is 0.302 e. The van der Waals surface area contributed by atoms with Gasteiger partial charge in [0, 0.05) is 19.8 Å². The lowest BCUT2D eigenvalue weighted by Gasteiger charge is -2.16. The van der Waals surface area contributed by atoms with Crippen LogP contribution in [0.25, 0.3) is 0 Å². The average Bonchev–Trinajstić information content (AvgIpc) is 2.49. The molecule has 136 valence electrons. The van der Waals surface area contributed by atoms with E-state index in [1.807, 2.05) is 0 Å². The molecule has 0 amide bonds. The van der Waals surface area contributed by atoms with Crippen molar-refractivity contribution in [1.82, 2.24) is 0 Å². The van der Waals surface area contributed by atoms with Gasteiger partial charge in [0.1, 0.15) is 11.9 Å². The zero-order chi connectivity index (χ0) is 17.3. The highest BCUT2D eigenvalue weighted by molar-refractivity contribution is 5.79. The molecule has 0 aromatic heterocycles. The molecule has 0 saturated carbocycles. The van der Waals surface area contributed by atoms with E-state index in [1.165, 1.54) is 58.3 Å². The van der Waals surface area contributed by atoms with Crippen molar-refractivity contribution < 1.29 is 14.3 Å². The van der Waals surface area contributed by atoms with Crippen LogP contribution in [0, 0.1) is 0 Å². The van der Waals surface area contributed by atoms with Crippen molar-refractivity contribution in [2.75, 3.05) is 0 Å². The van der Waals surface area contributed by atoms with E-state index >= 15 is 0 Å². The van der Waals surface area contributed by atoms with Crippen molar-refractivity contribution in [2.24, 2.45) is 0 Å². The Kier molecular flexibility index (Phi) is 15.4. The molecule has 23 heavy (non-hydrogen) atoms. The number of carbonyl (C=O) groups excluding carboxylic acids is 2. The van der Waals surface area contributed by atoms with Crippen LogP contribution in [-0.2, 0) is 14.3 Å². The van der Waals surface area contributed by atoms with E-state index in [0.717, 1.165) is 25.7 Å². The van der Waals surface area contributed by atoms with Gasteiger partial charge in [-0.25, -0.2) is 0 Å². The third-order valence-electron chi connectivity index (χ3n) is 4.23. The topological polar surface area (TPSA) is 43.4 Å². The molecule has 0 rings (SSSR count). The lowest BCUT2D eigenvalue weighted by molar-refractivity contribution is -0.148. The maximum atomic E-state index is 12.1. The summed E-state index contributed by atoms with van der Waals surface area (Å²) in [5.74, 6) is -0.0181. The molecule has 0 aliphatic carbocycles. The second-order valence-corrected chi connectivity index (χ2v) is 6.69. The molecule has 0 bridgehead atoms. The number of carbonyl (C=O) groups is 2. The molecular formula is C20H38O3. The highest BCUT2D eigenvalue weighted by Crippen LogP contribution is 2.15. The Bertz CT molecular complexity index is 299. The van der Waals surface area contributed by atoms with Gasteiger partial charge in [-0.05, 0) is 19.3 Å². The molecule has 1 atom stereocenters. The maximum Gasteiger partial charge on any atom is 0.302 e. The average molecular weight is 327 g/mol. The summed E-state index contributed by atoms with van der Waals surface area (Å²) in [5.41, 5.74) is 0. The van der Waals surface area contributed by atoms with Crippen molar-refractivity contribution in [3.8, 4) is 0 Å². The zero-order valence-electron chi connectivity index (χ0n) is 15.7. The Morgan fingerprint density at radius 3 is 1.87 bits per heavy atom. The minimum absolute atomic E-state index is 0.207. The summed E-state index contributed by atoms with van der Waals surface area (Å²) in [7, 11) is 0. The minimum Gasteiger partial charge on any atom is -0.462 e. The second kappa shape index (κ2) is 16.0. The van der Waals surface area contributed by atoms with E-state index in [0.29, 0.717) is 12.8 Å². The quantitative estimate of drug-likeness (QED) is 0.258. The van der Waals surface area contributed by atoms with Crippen LogP contribution in [0.1, 0.15) is 111 Å². The molecule has 0 aliphatic rings. The Hall–Kier alpha value is -0.860. The van der Waals surface area contributed by atoms with Gasteiger partial charge >= 0.3 is 5.97 Å². The summed E-state index contributed by atoms with van der Waals surface area (Å²) < 4.78 is 5.33. The fourth-order valence-corrected chi connectivity index (χ4v) is 2.87. The number of hydrogen-bond acceptors (Lipinski definition) is 3. The van der Waals surface area contributed by atoms with Crippen molar-refractivity contribution in [1.29, 1.82) is 0 Å². The highest BCUT2D eigenvalue weighted by atomic mass is 16.5. The van der Waals surface area contributed by atoms with Gasteiger partial charge in [-0.15, -0.1) is 0 Å². The van der Waals surface area contributed by atoms with Crippen LogP contribution < -0.4 is 0 Å². The number of ketones is 1. The van der Waals surface area contributed by atoms with Crippen LogP contribution in [0.15, 0.2) is 0 Å². The summed E-state index contributed by atoms with van der Waals surface area (Å²) in [4.78, 5) is 23.3. The Balaban J connectivity index is 3.89. The number of rotatable bonds is 16. The van der Waals surface area contributed by atoms with E-state index in [9.17, 15) is 9.59 Å². The molecule has 3 nitrogen and oxygen atoms in total. The van der Waals surface area contributed by atoms with Crippen LogP contribution in [0.3, 0.4) is 0 Å². The molecule has 0 aromatic carbocycles. The van der Waals surface area contributed by atoms with E-state index in [-0.39, 0.29) is 17.9 Å². The minimum atomic E-state index is -0.267. The second-order valence-electron chi connectivity index (χ2n) is 6.69. The third-order valence-corrected chi connectivity index (χ3v) is 4.23. The van der Waals surface area contributed by atoms with Gasteiger partial charge in [-0.2, -0.15) is 0 Å². The lowest BCUT2D eigenvalue weighted by Crippen LogP contribution is -2.20. The molecule has 0 N–H and O–H groups in total. The molecule has 0 fully saturated rings. The summed E-state index contributed by atoms with van der Waals surface area (Å²) >= 11 is 0. The Labute approximate surface area is 143 Å². The molecule has 1 unspecified atom stereocenters. The summed E-state index contributed by atoms with van der Waals surface area (Å²) in [6.07, 6.45) is 14.8. The van der Waals surface area contributed by atoms with Crippen molar-refractivity contribution in [2.45, 2.75) is 117 Å². The maximum absolute atomic E-state index is 12.1. The normalized spacial score (nSPS) is 12.1. The third kappa shape index (κ3) is 15.8. The van der Waals surface area contributed by atoms with Gasteiger partial charge in [-0.1, -0.05) is 71.6 Å². The first-order valence-corrected chi connectivity index (χ1v) is 9.79. The van der Waals surface area contributed by atoms with E-state index < -0.39 is 0 Å². The van der Waals surface area contributed by atoms with Gasteiger partial charge < -0.3 is 4.74 Å². The summed E-state index contributed by atoms with van der Waals surface area (Å²) in [5, 5.41) is 0. The molecular weight excluding hydrogens is 288 g/mol. The monoisotopic (exact) mass is 326 g/mol. The Morgan fingerprint density at radius 1 is 0.783 bits per heavy atom. The predicted molar refractivity (Wildman–Crippen MR) is 96.5 cm³/mol. The molecule has 0 aromatic rings. The number of ether oxygens (including phenoxy) is 1. The fourth-order valence-electron chi connectivity index (χ4n) is 2.87. The number of esters is 1. The van der Waals surface area contributed by atoms with Crippen molar-refractivity contribution >= 4 is 11.8 Å². The largest absolute Gasteiger partial charge is 0.462 e. The van der Waals surface area contributed by atoms with Gasteiger partial charge in [0.05, 0.1) is 0 Å². The van der Waals surface area contributed by atoms with E-state index in [1.54, 1.807) is 0 Å². The van der Waals surface area contributed by atoms with Crippen LogP contribution in [-0.4, -0.2) is 17.9 Å². The summed E-state index contributed by atoms with van der Waals surface area (Å²) in [6, 6.07) is 0. The van der Waals surface area contributed by atoms with E-state index in [4.69, 9.17) is 4.74 Å². The van der Waals surface area contributed by atoms with Gasteiger partial charge in [-0.3, -0.25) is 9.59 Å². The molecule has 0 spiro atoms. The van der Waals surface area contributed by atoms with Crippen LogP contribution in [0.4, 0.5) is 0 Å². The SMILES string of the molecule is CCCCCCCCC(CC(=O)CCCCCCC)OC(C)=O. The predicted octanol–water partition coefficient (Wildman–Crippen LogP) is 5.99. The molecule has 0 saturated heterocycles. The number of unbranched alkanes of at least 4 members (excludes halogenated alkanes) is 9. The van der Waals surface area contributed by atoms with Gasteiger partial charge in [0.15, 0.2) is 0 Å². The van der Waals surface area contributed by atoms with Gasteiger partial charge in [0.2, 0.25) is 0 Å². The number of Topliss-reactive ketones (excluding diaryl/α,β-unsaturated/α-hetero) is 1. The standard InChI is InChI=1S/C20H38O3/c1-4-6-8-10-12-14-16-20(23-18(3)21)17-19(22)15-13-11-9-7-5-2/h20H,4-17H2,1-3H3. The molecule has 3 heteroatoms. The Morgan fingerprint density at radius 2 is 1.30 bits per heavy atom. The fraction of sp³-hybridized carbons (Fsp3) is 0.900. The first kappa shape index (κ1) is 22.1.